The van der Waals surface area contributed by atoms with Gasteiger partial charge in [-0.25, -0.2) is 0 Å². The van der Waals surface area contributed by atoms with Gasteiger partial charge in [0.05, 0.1) is 12.1 Å². The molecule has 0 saturated carbocycles. The Morgan fingerprint density at radius 2 is 1.75 bits per heavy atom. The fourth-order valence-corrected chi connectivity index (χ4v) is 1.88. The number of aliphatic hydroxyl groups excluding tert-OH is 1. The smallest absolute Gasteiger partial charge is 0.121 e. The zero-order valence-corrected chi connectivity index (χ0v) is 10.2. The molecule has 0 bridgehead atoms. The maximum atomic E-state index is 9.83. The van der Waals surface area contributed by atoms with E-state index in [9.17, 15) is 10.2 Å². The molecule has 0 aliphatic carbocycles. The molecule has 0 aromatic heterocycles. The van der Waals surface area contributed by atoms with Gasteiger partial charge in [-0.05, 0) is 37.0 Å². The summed E-state index contributed by atoms with van der Waals surface area (Å²) in [5, 5.41) is 19.5. The summed E-state index contributed by atoms with van der Waals surface area (Å²) >= 11 is 0. The largest absolute Gasteiger partial charge is 0.507 e. The van der Waals surface area contributed by atoms with Crippen LogP contribution in [0.25, 0.3) is 0 Å². The maximum absolute atomic E-state index is 9.83. The van der Waals surface area contributed by atoms with Crippen LogP contribution in [0.5, 0.6) is 5.75 Å². The average Bonchev–Trinajstić information content (AvgIpc) is 2.24. The van der Waals surface area contributed by atoms with Gasteiger partial charge >= 0.3 is 0 Å². The summed E-state index contributed by atoms with van der Waals surface area (Å²) in [6.07, 6.45) is 1.08. The molecule has 0 unspecified atom stereocenters. The Kier molecular flexibility index (Phi) is 4.33. The molecule has 1 rings (SSSR count). The zero-order chi connectivity index (χ0) is 12.3. The Hall–Kier alpha value is -1.06. The molecule has 16 heavy (non-hydrogen) atoms. The van der Waals surface area contributed by atoms with Crippen LogP contribution >= 0.6 is 0 Å². The minimum atomic E-state index is -0.520. The zero-order valence-electron chi connectivity index (χ0n) is 10.2. The van der Waals surface area contributed by atoms with E-state index in [1.807, 2.05) is 32.9 Å². The van der Waals surface area contributed by atoms with Crippen molar-refractivity contribution in [2.24, 2.45) is 5.73 Å². The molecule has 0 saturated heterocycles. The lowest BCUT2D eigenvalue weighted by Crippen LogP contribution is -2.26. The Morgan fingerprint density at radius 3 is 2.19 bits per heavy atom. The molecule has 0 aliphatic rings. The minimum absolute atomic E-state index is 0.306. The molecular weight excluding hydrogens is 202 g/mol. The van der Waals surface area contributed by atoms with Crippen molar-refractivity contribution in [2.75, 3.05) is 0 Å². The molecule has 1 aromatic rings. The van der Waals surface area contributed by atoms with Crippen LogP contribution in [0.3, 0.4) is 0 Å². The van der Waals surface area contributed by atoms with Crippen molar-refractivity contribution in [1.29, 1.82) is 0 Å². The van der Waals surface area contributed by atoms with Crippen LogP contribution in [0.2, 0.25) is 0 Å². The molecule has 3 nitrogen and oxygen atoms in total. The number of hydrogen-bond acceptors (Lipinski definition) is 3. The molecule has 0 radical (unpaired) electrons. The van der Waals surface area contributed by atoms with Gasteiger partial charge in [0, 0.05) is 0 Å². The lowest BCUT2D eigenvalue weighted by molar-refractivity contribution is 0.134. The van der Waals surface area contributed by atoms with Crippen LogP contribution in [0.15, 0.2) is 12.1 Å². The van der Waals surface area contributed by atoms with E-state index in [4.69, 9.17) is 5.73 Å². The van der Waals surface area contributed by atoms with E-state index < -0.39 is 6.10 Å². The Bertz CT molecular complexity index is 340. The van der Waals surface area contributed by atoms with Crippen LogP contribution in [0, 0.1) is 13.8 Å². The first-order valence-corrected chi connectivity index (χ1v) is 5.71. The van der Waals surface area contributed by atoms with E-state index in [-0.39, 0.29) is 6.04 Å². The number of rotatable bonds is 4. The van der Waals surface area contributed by atoms with Crippen LogP contribution in [0.4, 0.5) is 0 Å². The number of nitrogens with two attached hydrogens (primary N) is 1. The predicted molar refractivity (Wildman–Crippen MR) is 65.4 cm³/mol. The normalized spacial score (nSPS) is 14.8. The summed E-state index contributed by atoms with van der Waals surface area (Å²) in [7, 11) is 0. The highest BCUT2D eigenvalue weighted by Crippen LogP contribution is 2.27. The fraction of sp³-hybridized carbons (Fsp3) is 0.538. The highest BCUT2D eigenvalue weighted by molar-refractivity contribution is 5.43. The average molecular weight is 223 g/mol. The second-order valence-corrected chi connectivity index (χ2v) is 4.39. The topological polar surface area (TPSA) is 66.5 Å². The number of phenols is 1. The fourth-order valence-electron chi connectivity index (χ4n) is 1.88. The number of aromatic hydroxyl groups is 1. The van der Waals surface area contributed by atoms with Crippen molar-refractivity contribution >= 4 is 0 Å². The van der Waals surface area contributed by atoms with E-state index >= 15 is 0 Å². The van der Waals surface area contributed by atoms with Crippen molar-refractivity contribution in [2.45, 2.75) is 45.8 Å². The molecule has 0 aliphatic heterocycles. The first-order valence-electron chi connectivity index (χ1n) is 5.71. The molecule has 0 fully saturated rings. The Morgan fingerprint density at radius 1 is 1.25 bits per heavy atom. The van der Waals surface area contributed by atoms with Gasteiger partial charge in [-0.3, -0.25) is 0 Å². The highest BCUT2D eigenvalue weighted by atomic mass is 16.3. The van der Waals surface area contributed by atoms with E-state index in [0.717, 1.165) is 23.1 Å². The van der Waals surface area contributed by atoms with Gasteiger partial charge in [-0.2, -0.15) is 0 Å². The molecular formula is C13H21NO2. The number of aryl methyl sites for hydroxylation is 2. The highest BCUT2D eigenvalue weighted by Gasteiger charge is 2.17. The predicted octanol–water partition coefficient (Wildman–Crippen LogP) is 2.17. The molecule has 90 valence electrons. The van der Waals surface area contributed by atoms with Crippen LogP contribution in [0.1, 0.15) is 42.5 Å². The standard InChI is InChI=1S/C13H21NO2/c1-4-5-11(15)12(14)10-6-8(2)13(16)9(3)7-10/h6-7,11-12,15-16H,4-5,14H2,1-3H3/t11-,12+/m0/s1. The van der Waals surface area contributed by atoms with Gasteiger partial charge < -0.3 is 15.9 Å². The molecule has 0 spiro atoms. The third-order valence-electron chi connectivity index (χ3n) is 2.90. The molecule has 2 atom stereocenters. The monoisotopic (exact) mass is 223 g/mol. The van der Waals surface area contributed by atoms with Gasteiger partial charge in [0.15, 0.2) is 0 Å². The molecule has 3 heteroatoms. The summed E-state index contributed by atoms with van der Waals surface area (Å²) < 4.78 is 0. The summed E-state index contributed by atoms with van der Waals surface area (Å²) in [6.45, 7) is 5.69. The van der Waals surface area contributed by atoms with E-state index in [0.29, 0.717) is 12.2 Å². The van der Waals surface area contributed by atoms with E-state index in [1.165, 1.54) is 0 Å². The summed E-state index contributed by atoms with van der Waals surface area (Å²) in [6, 6.07) is 3.30. The van der Waals surface area contributed by atoms with Gasteiger partial charge in [-0.1, -0.05) is 25.5 Å². The second kappa shape index (κ2) is 5.32. The molecule has 1 aromatic carbocycles. The molecule has 4 N–H and O–H groups in total. The number of hydrogen-bond donors (Lipinski definition) is 3. The van der Waals surface area contributed by atoms with Crippen LogP contribution in [-0.2, 0) is 0 Å². The minimum Gasteiger partial charge on any atom is -0.507 e. The number of phenolic OH excluding ortho intramolecular Hbond substituents is 1. The van der Waals surface area contributed by atoms with Crippen molar-refractivity contribution in [1.82, 2.24) is 0 Å². The van der Waals surface area contributed by atoms with Gasteiger partial charge in [0.25, 0.3) is 0 Å². The van der Waals surface area contributed by atoms with Gasteiger partial charge in [0.2, 0.25) is 0 Å². The first-order chi connectivity index (χ1) is 7.47. The third-order valence-corrected chi connectivity index (χ3v) is 2.90. The van der Waals surface area contributed by atoms with Crippen molar-refractivity contribution < 1.29 is 10.2 Å². The molecule has 0 amide bonds. The summed E-state index contributed by atoms with van der Waals surface area (Å²) in [4.78, 5) is 0. The first kappa shape index (κ1) is 13.0. The Labute approximate surface area is 96.9 Å². The third kappa shape index (κ3) is 2.74. The maximum Gasteiger partial charge on any atom is 0.121 e. The van der Waals surface area contributed by atoms with Gasteiger partial charge in [0.1, 0.15) is 5.75 Å². The lowest BCUT2D eigenvalue weighted by Gasteiger charge is -2.20. The molecule has 0 heterocycles. The van der Waals surface area contributed by atoms with Crippen molar-refractivity contribution in [3.8, 4) is 5.75 Å². The summed E-state index contributed by atoms with van der Waals surface area (Å²) in [5.74, 6) is 0.306. The van der Waals surface area contributed by atoms with E-state index in [1.54, 1.807) is 0 Å². The Balaban J connectivity index is 2.96. The lowest BCUT2D eigenvalue weighted by atomic mass is 9.95. The van der Waals surface area contributed by atoms with Crippen molar-refractivity contribution in [3.05, 3.63) is 28.8 Å². The number of aliphatic hydroxyl groups is 1. The SMILES string of the molecule is CCC[C@H](O)[C@H](N)c1cc(C)c(O)c(C)c1. The van der Waals surface area contributed by atoms with Crippen LogP contribution in [-0.4, -0.2) is 16.3 Å². The van der Waals surface area contributed by atoms with E-state index in [2.05, 4.69) is 0 Å². The number of benzene rings is 1. The van der Waals surface area contributed by atoms with Crippen molar-refractivity contribution in [3.63, 3.8) is 0 Å². The van der Waals surface area contributed by atoms with Crippen LogP contribution < -0.4 is 5.73 Å². The second-order valence-electron chi connectivity index (χ2n) is 4.39. The summed E-state index contributed by atoms with van der Waals surface area (Å²) in [5.41, 5.74) is 8.46. The van der Waals surface area contributed by atoms with Gasteiger partial charge in [-0.15, -0.1) is 0 Å². The quantitative estimate of drug-likeness (QED) is 0.733.